The van der Waals surface area contributed by atoms with Crippen molar-refractivity contribution in [3.63, 3.8) is 0 Å². The zero-order valence-corrected chi connectivity index (χ0v) is 17.1. The van der Waals surface area contributed by atoms with Crippen LogP contribution < -0.4 is 24.8 Å². The lowest BCUT2D eigenvalue weighted by Crippen LogP contribution is -2.01. The van der Waals surface area contributed by atoms with Crippen LogP contribution in [0.4, 0.5) is 23.3 Å². The van der Waals surface area contributed by atoms with E-state index in [2.05, 4.69) is 25.7 Å². The van der Waals surface area contributed by atoms with Gasteiger partial charge in [0.05, 0.1) is 26.8 Å². The number of rotatable bonds is 7. The van der Waals surface area contributed by atoms with Crippen molar-refractivity contribution in [2.45, 2.75) is 0 Å². The third kappa shape index (κ3) is 3.77. The number of nitrogens with one attached hydrogen (secondary N) is 2. The Labute approximate surface area is 173 Å². The molecule has 0 fully saturated rings. The monoisotopic (exact) mass is 406 g/mol. The second kappa shape index (κ2) is 8.16. The topological polar surface area (TPSA) is 95.3 Å². The Hall–Kier alpha value is -4.01. The Balaban J connectivity index is 1.59. The predicted octanol–water partition coefficient (Wildman–Crippen LogP) is 3.88. The number of aromatic nitrogens is 4. The molecule has 2 aromatic heterocycles. The third-order valence-electron chi connectivity index (χ3n) is 4.60. The van der Waals surface area contributed by atoms with Crippen molar-refractivity contribution in [1.82, 2.24) is 19.7 Å². The number of benzene rings is 2. The minimum atomic E-state index is 0.435. The number of hydrogen-bond donors (Lipinski definition) is 2. The average molecular weight is 406 g/mol. The van der Waals surface area contributed by atoms with Crippen LogP contribution in [0.1, 0.15) is 0 Å². The maximum absolute atomic E-state index is 5.34. The predicted molar refractivity (Wildman–Crippen MR) is 115 cm³/mol. The van der Waals surface area contributed by atoms with Crippen LogP contribution in [-0.4, -0.2) is 41.1 Å². The highest BCUT2D eigenvalue weighted by atomic mass is 16.5. The van der Waals surface area contributed by atoms with Crippen molar-refractivity contribution >= 4 is 34.2 Å². The molecule has 0 aliphatic carbocycles. The summed E-state index contributed by atoms with van der Waals surface area (Å²) in [4.78, 5) is 8.82. The molecule has 30 heavy (non-hydrogen) atoms. The summed E-state index contributed by atoms with van der Waals surface area (Å²) in [6, 6.07) is 13.1. The van der Waals surface area contributed by atoms with Gasteiger partial charge in [-0.25, -0.2) is 4.98 Å². The first-order valence-electron chi connectivity index (χ1n) is 9.21. The molecular weight excluding hydrogens is 384 g/mol. The minimum Gasteiger partial charge on any atom is -0.497 e. The van der Waals surface area contributed by atoms with Crippen LogP contribution in [0.2, 0.25) is 0 Å². The molecule has 0 aliphatic heterocycles. The highest BCUT2D eigenvalue weighted by Gasteiger charge is 2.11. The Bertz CT molecular complexity index is 1190. The molecule has 0 bridgehead atoms. The maximum Gasteiger partial charge on any atom is 0.229 e. The molecule has 9 nitrogen and oxygen atoms in total. The number of fused-ring (bicyclic) bond motifs is 1. The molecule has 2 N–H and O–H groups in total. The maximum atomic E-state index is 5.34. The molecule has 2 aromatic carbocycles. The van der Waals surface area contributed by atoms with Gasteiger partial charge in [0.2, 0.25) is 5.95 Å². The van der Waals surface area contributed by atoms with Gasteiger partial charge in [-0.15, -0.1) is 0 Å². The summed E-state index contributed by atoms with van der Waals surface area (Å²) in [6.45, 7) is 0. The Morgan fingerprint density at radius 1 is 0.867 bits per heavy atom. The summed E-state index contributed by atoms with van der Waals surface area (Å²) in [6.07, 6.45) is 1.67. The van der Waals surface area contributed by atoms with E-state index in [1.165, 1.54) is 0 Å². The SMILES string of the molecule is COc1ccc2c(c1)c(Nc1ccnc(Nc3ccc(OC)c(OC)c3)n1)nn2C. The summed E-state index contributed by atoms with van der Waals surface area (Å²) < 4.78 is 17.8. The first kappa shape index (κ1) is 19.3. The van der Waals surface area contributed by atoms with Gasteiger partial charge >= 0.3 is 0 Å². The number of anilines is 4. The van der Waals surface area contributed by atoms with Gasteiger partial charge in [-0.2, -0.15) is 10.1 Å². The molecule has 0 saturated carbocycles. The van der Waals surface area contributed by atoms with Crippen molar-refractivity contribution < 1.29 is 14.2 Å². The smallest absolute Gasteiger partial charge is 0.229 e. The second-order valence-electron chi connectivity index (χ2n) is 6.44. The summed E-state index contributed by atoms with van der Waals surface area (Å²) in [5, 5.41) is 11.9. The van der Waals surface area contributed by atoms with E-state index in [0.717, 1.165) is 22.3 Å². The Morgan fingerprint density at radius 2 is 1.70 bits per heavy atom. The molecule has 0 amide bonds. The number of methoxy groups -OCH3 is 3. The lowest BCUT2D eigenvalue weighted by molar-refractivity contribution is 0.355. The zero-order chi connectivity index (χ0) is 21.1. The van der Waals surface area contributed by atoms with E-state index in [9.17, 15) is 0 Å². The first-order valence-corrected chi connectivity index (χ1v) is 9.21. The van der Waals surface area contributed by atoms with E-state index in [-0.39, 0.29) is 0 Å². The summed E-state index contributed by atoms with van der Waals surface area (Å²) in [5.74, 6) is 3.75. The fourth-order valence-corrected chi connectivity index (χ4v) is 3.12. The highest BCUT2D eigenvalue weighted by molar-refractivity contribution is 5.92. The minimum absolute atomic E-state index is 0.435. The van der Waals surface area contributed by atoms with Crippen molar-refractivity contribution in [3.05, 3.63) is 48.7 Å². The van der Waals surface area contributed by atoms with Gasteiger partial charge in [-0.05, 0) is 36.4 Å². The molecule has 0 aliphatic rings. The molecule has 4 aromatic rings. The molecule has 2 heterocycles. The Morgan fingerprint density at radius 3 is 2.47 bits per heavy atom. The van der Waals surface area contributed by atoms with Crippen molar-refractivity contribution in [2.24, 2.45) is 7.05 Å². The van der Waals surface area contributed by atoms with Gasteiger partial charge in [-0.3, -0.25) is 4.68 Å². The molecule has 0 radical (unpaired) electrons. The fourth-order valence-electron chi connectivity index (χ4n) is 3.12. The number of nitrogens with zero attached hydrogens (tertiary/aromatic N) is 4. The van der Waals surface area contributed by atoms with Crippen LogP contribution in [-0.2, 0) is 7.05 Å². The van der Waals surface area contributed by atoms with E-state index < -0.39 is 0 Å². The van der Waals surface area contributed by atoms with Gasteiger partial charge in [0.25, 0.3) is 0 Å². The van der Waals surface area contributed by atoms with Crippen molar-refractivity contribution in [3.8, 4) is 17.2 Å². The van der Waals surface area contributed by atoms with Crippen LogP contribution in [0, 0.1) is 0 Å². The van der Waals surface area contributed by atoms with Crippen molar-refractivity contribution in [2.75, 3.05) is 32.0 Å². The van der Waals surface area contributed by atoms with E-state index >= 15 is 0 Å². The fraction of sp³-hybridized carbons (Fsp3) is 0.190. The van der Waals surface area contributed by atoms with Crippen molar-refractivity contribution in [1.29, 1.82) is 0 Å². The Kier molecular flexibility index (Phi) is 5.25. The van der Waals surface area contributed by atoms with Gasteiger partial charge in [0.15, 0.2) is 17.3 Å². The molecule has 0 spiro atoms. The van der Waals surface area contributed by atoms with Gasteiger partial charge in [0.1, 0.15) is 11.6 Å². The lowest BCUT2D eigenvalue weighted by Gasteiger charge is -2.11. The third-order valence-corrected chi connectivity index (χ3v) is 4.60. The van der Waals surface area contributed by atoms with E-state index in [0.29, 0.717) is 29.1 Å². The van der Waals surface area contributed by atoms with Crippen LogP contribution in [0.5, 0.6) is 17.2 Å². The molecular formula is C21H22N6O3. The molecule has 0 saturated heterocycles. The molecule has 9 heteroatoms. The highest BCUT2D eigenvalue weighted by Crippen LogP contribution is 2.31. The molecule has 0 atom stereocenters. The van der Waals surface area contributed by atoms with E-state index in [1.807, 2.05) is 43.4 Å². The van der Waals surface area contributed by atoms with Crippen LogP contribution in [0.3, 0.4) is 0 Å². The molecule has 4 rings (SSSR count). The lowest BCUT2D eigenvalue weighted by atomic mass is 10.2. The second-order valence-corrected chi connectivity index (χ2v) is 6.44. The number of hydrogen-bond acceptors (Lipinski definition) is 8. The van der Waals surface area contributed by atoms with E-state index in [1.54, 1.807) is 38.3 Å². The molecule has 154 valence electrons. The average Bonchev–Trinajstić information content (AvgIpc) is 3.08. The number of ether oxygens (including phenoxy) is 3. The van der Waals surface area contributed by atoms with E-state index in [4.69, 9.17) is 14.2 Å². The normalized spacial score (nSPS) is 10.7. The molecule has 0 unspecified atom stereocenters. The largest absolute Gasteiger partial charge is 0.497 e. The first-order chi connectivity index (χ1) is 14.6. The van der Waals surface area contributed by atoms with Crippen LogP contribution in [0.15, 0.2) is 48.7 Å². The quantitative estimate of drug-likeness (QED) is 0.477. The van der Waals surface area contributed by atoms with Crippen LogP contribution in [0.25, 0.3) is 10.9 Å². The zero-order valence-electron chi connectivity index (χ0n) is 17.1. The van der Waals surface area contributed by atoms with Gasteiger partial charge in [0, 0.05) is 30.4 Å². The standard InChI is InChI=1S/C21H22N6O3/c1-27-16-7-6-14(28-2)12-15(16)20(26-27)24-19-9-10-22-21(25-19)23-13-5-8-17(29-3)18(11-13)30-4/h5-12H,1-4H3,(H2,22,23,24,25,26). The summed E-state index contributed by atoms with van der Waals surface area (Å²) in [7, 11) is 6.72. The van der Waals surface area contributed by atoms with Crippen LogP contribution >= 0.6 is 0 Å². The summed E-state index contributed by atoms with van der Waals surface area (Å²) >= 11 is 0. The number of aryl methyl sites for hydroxylation is 1. The van der Waals surface area contributed by atoms with Gasteiger partial charge < -0.3 is 24.8 Å². The van der Waals surface area contributed by atoms with Gasteiger partial charge in [-0.1, -0.05) is 0 Å². The summed E-state index contributed by atoms with van der Waals surface area (Å²) in [5.41, 5.74) is 1.76.